The summed E-state index contributed by atoms with van der Waals surface area (Å²) >= 11 is 11.7. The lowest BCUT2D eigenvalue weighted by atomic mass is 10.1. The number of rotatable bonds is 6. The number of anilines is 1. The number of hydrogen-bond donors (Lipinski definition) is 3. The van der Waals surface area contributed by atoms with Crippen molar-refractivity contribution in [2.45, 2.75) is 25.0 Å². The number of aliphatic hydroxyl groups excluding tert-OH is 1. The number of nitrogens with one attached hydrogen (secondary N) is 2. The van der Waals surface area contributed by atoms with Gasteiger partial charge in [0.1, 0.15) is 0 Å². The molecule has 0 spiro atoms. The molecule has 1 atom stereocenters. The highest BCUT2D eigenvalue weighted by molar-refractivity contribution is 6.39. The second-order valence-electron chi connectivity index (χ2n) is 6.02. The molecule has 0 bridgehead atoms. The number of aromatic nitrogens is 1. The van der Waals surface area contributed by atoms with Crippen molar-refractivity contribution in [2.24, 2.45) is 0 Å². The van der Waals surface area contributed by atoms with Gasteiger partial charge in [-0.05, 0) is 23.3 Å². The molecule has 1 aromatic carbocycles. The third kappa shape index (κ3) is 7.64. The van der Waals surface area contributed by atoms with Crippen LogP contribution in [0.15, 0.2) is 30.5 Å². The van der Waals surface area contributed by atoms with Gasteiger partial charge in [-0.15, -0.1) is 0 Å². The van der Waals surface area contributed by atoms with Crippen molar-refractivity contribution in [2.75, 3.05) is 11.9 Å². The lowest BCUT2D eigenvalue weighted by molar-refractivity contribution is -0.206. The summed E-state index contributed by atoms with van der Waals surface area (Å²) in [7, 11) is 0. The van der Waals surface area contributed by atoms with Gasteiger partial charge in [-0.3, -0.25) is 0 Å². The molecule has 0 aliphatic rings. The number of hydrogen-bond acceptors (Lipinski definition) is 4. The van der Waals surface area contributed by atoms with Crippen LogP contribution in [-0.2, 0) is 6.54 Å². The number of pyridine rings is 1. The predicted octanol–water partition coefficient (Wildman–Crippen LogP) is 5.25. The van der Waals surface area contributed by atoms with Crippen LogP contribution in [0.5, 0.6) is 5.88 Å². The lowest BCUT2D eigenvalue weighted by Gasteiger charge is -2.17. The summed E-state index contributed by atoms with van der Waals surface area (Å²) < 4.78 is 78.6. The molecule has 2 aromatic rings. The van der Waals surface area contributed by atoms with Crippen molar-refractivity contribution >= 4 is 34.9 Å². The van der Waals surface area contributed by atoms with Crippen LogP contribution in [-0.4, -0.2) is 35.1 Å². The fourth-order valence-electron chi connectivity index (χ4n) is 2.16. The highest BCUT2D eigenvalue weighted by atomic mass is 35.5. The van der Waals surface area contributed by atoms with E-state index in [0.29, 0.717) is 5.56 Å². The van der Waals surface area contributed by atoms with Crippen molar-refractivity contribution in [3.05, 3.63) is 51.6 Å². The van der Waals surface area contributed by atoms with Crippen LogP contribution in [0.1, 0.15) is 17.2 Å². The van der Waals surface area contributed by atoms with Crippen molar-refractivity contribution in [1.29, 1.82) is 0 Å². The Morgan fingerprint density at radius 2 is 1.74 bits per heavy atom. The molecule has 0 unspecified atom stereocenters. The molecule has 14 heteroatoms. The standard InChI is InChI=1S/C17H13Cl2F6N3O3/c18-10-3-9(14(29)17(23,24)25)4-11(19)13(10)28-15(30)27-6-8-1-2-12(26-5-8)31-7-16(20,21)22/h1-5,14,29H,6-7H2,(H2,27,28,30)/t14-/m1/s1. The first-order chi connectivity index (χ1) is 14.3. The molecule has 0 saturated heterocycles. The number of aliphatic hydroxyl groups is 1. The number of carbonyl (C=O) groups is 1. The van der Waals surface area contributed by atoms with E-state index >= 15 is 0 Å². The number of amides is 2. The molecule has 0 fully saturated rings. The maximum atomic E-state index is 12.6. The number of urea groups is 1. The zero-order valence-corrected chi connectivity index (χ0v) is 16.6. The molecule has 0 aliphatic heterocycles. The van der Waals surface area contributed by atoms with E-state index in [1.165, 1.54) is 18.3 Å². The van der Waals surface area contributed by atoms with E-state index in [2.05, 4.69) is 20.4 Å². The van der Waals surface area contributed by atoms with Gasteiger partial charge in [-0.1, -0.05) is 29.3 Å². The summed E-state index contributed by atoms with van der Waals surface area (Å²) in [6, 6.07) is 3.34. The Hall–Kier alpha value is -2.44. The van der Waals surface area contributed by atoms with E-state index < -0.39 is 36.7 Å². The Balaban J connectivity index is 1.95. The zero-order chi connectivity index (χ0) is 23.4. The molecular formula is C17H13Cl2F6N3O3. The van der Waals surface area contributed by atoms with E-state index in [4.69, 9.17) is 23.2 Å². The summed E-state index contributed by atoms with van der Waals surface area (Å²) in [4.78, 5) is 15.7. The van der Waals surface area contributed by atoms with Crippen LogP contribution in [0.4, 0.5) is 36.8 Å². The van der Waals surface area contributed by atoms with Crippen LogP contribution < -0.4 is 15.4 Å². The molecule has 0 radical (unpaired) electrons. The van der Waals surface area contributed by atoms with Gasteiger partial charge in [0.25, 0.3) is 0 Å². The molecule has 3 N–H and O–H groups in total. The summed E-state index contributed by atoms with van der Waals surface area (Å²) in [5.74, 6) is -0.259. The summed E-state index contributed by atoms with van der Waals surface area (Å²) in [5.41, 5.74) is -0.379. The second kappa shape index (κ2) is 9.79. The first kappa shape index (κ1) is 24.8. The van der Waals surface area contributed by atoms with Gasteiger partial charge in [0.05, 0.1) is 15.7 Å². The first-order valence-corrected chi connectivity index (χ1v) is 8.95. The SMILES string of the molecule is O=C(NCc1ccc(OCC(F)(F)F)nc1)Nc1c(Cl)cc([C@@H](O)C(F)(F)F)cc1Cl. The number of carbonyl (C=O) groups excluding carboxylic acids is 1. The van der Waals surface area contributed by atoms with E-state index in [1.807, 2.05) is 0 Å². The summed E-state index contributed by atoms with van der Waals surface area (Å²) in [6.07, 6.45) is -11.1. The smallest absolute Gasteiger partial charge is 0.422 e. The molecule has 1 aromatic heterocycles. The van der Waals surface area contributed by atoms with Crippen molar-refractivity contribution in [3.63, 3.8) is 0 Å². The first-order valence-electron chi connectivity index (χ1n) is 8.19. The molecule has 2 amide bonds. The molecule has 31 heavy (non-hydrogen) atoms. The largest absolute Gasteiger partial charge is 0.468 e. The van der Waals surface area contributed by atoms with Gasteiger partial charge in [0, 0.05) is 18.8 Å². The van der Waals surface area contributed by atoms with E-state index in [9.17, 15) is 36.2 Å². The van der Waals surface area contributed by atoms with Gasteiger partial charge in [0.15, 0.2) is 12.7 Å². The maximum Gasteiger partial charge on any atom is 0.422 e. The molecule has 1 heterocycles. The third-order valence-electron chi connectivity index (χ3n) is 3.56. The van der Waals surface area contributed by atoms with Crippen LogP contribution in [0, 0.1) is 0 Å². The highest BCUT2D eigenvalue weighted by Gasteiger charge is 2.39. The molecule has 2 rings (SSSR count). The number of benzene rings is 1. The monoisotopic (exact) mass is 491 g/mol. The molecule has 0 saturated carbocycles. The van der Waals surface area contributed by atoms with Gasteiger partial charge in [-0.25, -0.2) is 9.78 Å². The Kier molecular flexibility index (Phi) is 7.84. The van der Waals surface area contributed by atoms with Crippen LogP contribution >= 0.6 is 23.2 Å². The van der Waals surface area contributed by atoms with E-state index in [-0.39, 0.29) is 28.2 Å². The van der Waals surface area contributed by atoms with Crippen LogP contribution in [0.2, 0.25) is 10.0 Å². The Bertz CT molecular complexity index is 900. The van der Waals surface area contributed by atoms with E-state index in [0.717, 1.165) is 12.1 Å². The minimum atomic E-state index is -4.93. The summed E-state index contributed by atoms with van der Waals surface area (Å²) in [5, 5.41) is 13.2. The van der Waals surface area contributed by atoms with Gasteiger partial charge in [0.2, 0.25) is 5.88 Å². The number of alkyl halides is 6. The Morgan fingerprint density at radius 3 is 2.23 bits per heavy atom. The third-order valence-corrected chi connectivity index (χ3v) is 4.16. The number of nitrogens with zero attached hydrogens (tertiary/aromatic N) is 1. The topological polar surface area (TPSA) is 83.5 Å². The lowest BCUT2D eigenvalue weighted by Crippen LogP contribution is -2.28. The fourth-order valence-corrected chi connectivity index (χ4v) is 2.75. The maximum absolute atomic E-state index is 12.6. The van der Waals surface area contributed by atoms with Crippen LogP contribution in [0.25, 0.3) is 0 Å². The second-order valence-corrected chi connectivity index (χ2v) is 6.83. The quantitative estimate of drug-likeness (QED) is 0.482. The van der Waals surface area contributed by atoms with Gasteiger partial charge >= 0.3 is 18.4 Å². The molecule has 0 aliphatic carbocycles. The van der Waals surface area contributed by atoms with Gasteiger partial charge < -0.3 is 20.5 Å². The van der Waals surface area contributed by atoms with Crippen LogP contribution in [0.3, 0.4) is 0 Å². The number of halogens is 8. The van der Waals surface area contributed by atoms with Crippen molar-refractivity contribution < 1.29 is 41.0 Å². The highest BCUT2D eigenvalue weighted by Crippen LogP contribution is 2.38. The van der Waals surface area contributed by atoms with Crippen molar-refractivity contribution in [1.82, 2.24) is 10.3 Å². The normalized spacial score (nSPS) is 12.9. The summed E-state index contributed by atoms with van der Waals surface area (Å²) in [6.45, 7) is -1.60. The minimum absolute atomic E-state index is 0.0987. The fraction of sp³-hybridized carbons (Fsp3) is 0.294. The molecular weight excluding hydrogens is 479 g/mol. The average molecular weight is 492 g/mol. The Labute approximate surface area is 181 Å². The minimum Gasteiger partial charge on any atom is -0.468 e. The zero-order valence-electron chi connectivity index (χ0n) is 15.1. The van der Waals surface area contributed by atoms with Gasteiger partial charge in [-0.2, -0.15) is 26.3 Å². The molecule has 170 valence electrons. The predicted molar refractivity (Wildman–Crippen MR) is 99.1 cm³/mol. The Morgan fingerprint density at radius 1 is 1.13 bits per heavy atom. The average Bonchev–Trinajstić information content (AvgIpc) is 2.66. The number of ether oxygens (including phenoxy) is 1. The van der Waals surface area contributed by atoms with Crippen molar-refractivity contribution in [3.8, 4) is 5.88 Å². The molecule has 6 nitrogen and oxygen atoms in total. The van der Waals surface area contributed by atoms with E-state index in [1.54, 1.807) is 0 Å².